The summed E-state index contributed by atoms with van der Waals surface area (Å²) in [5.74, 6) is 0.629. The molecule has 3 aliphatic rings. The van der Waals surface area contributed by atoms with E-state index in [1.54, 1.807) is 0 Å². The minimum Gasteiger partial charge on any atom is -0.367 e. The average molecular weight is 402 g/mol. The second-order valence-electron chi connectivity index (χ2n) is 9.27. The standard InChI is InChI=1S/C23H27N7/c1-27-12-18(11-26-27)17-10-23-22(5-7-25-29(23)13-17)28-14-19-2-3-20(15-28)30(19)21-8-16(9-21)4-6-24/h5,7,10-13,16,19-21H,2-4,8-9,14-15H2,1H3/t16?,19-,20?,21?/m1/s1. The van der Waals surface area contributed by atoms with Crippen molar-refractivity contribution in [3.05, 3.63) is 36.9 Å². The van der Waals surface area contributed by atoms with Gasteiger partial charge in [-0.05, 0) is 43.7 Å². The zero-order chi connectivity index (χ0) is 20.2. The van der Waals surface area contributed by atoms with Crippen molar-refractivity contribution < 1.29 is 0 Å². The van der Waals surface area contributed by atoms with Crippen molar-refractivity contribution in [1.82, 2.24) is 24.3 Å². The number of fused-ring (bicyclic) bond motifs is 3. The summed E-state index contributed by atoms with van der Waals surface area (Å²) in [5, 5.41) is 17.8. The summed E-state index contributed by atoms with van der Waals surface area (Å²) in [6.07, 6.45) is 13.7. The second-order valence-corrected chi connectivity index (χ2v) is 9.27. The van der Waals surface area contributed by atoms with Crippen LogP contribution in [0, 0.1) is 17.2 Å². The Hall–Kier alpha value is -2.85. The van der Waals surface area contributed by atoms with Crippen molar-refractivity contribution in [1.29, 1.82) is 5.26 Å². The number of hydrogen-bond donors (Lipinski definition) is 0. The Morgan fingerprint density at radius 3 is 2.57 bits per heavy atom. The number of rotatable bonds is 4. The number of nitrogens with zero attached hydrogens (tertiary/aromatic N) is 7. The number of aryl methyl sites for hydroxylation is 1. The molecule has 2 bridgehead atoms. The number of nitriles is 1. The van der Waals surface area contributed by atoms with Gasteiger partial charge in [0.05, 0.1) is 23.5 Å². The zero-order valence-corrected chi connectivity index (χ0v) is 17.4. The Morgan fingerprint density at radius 2 is 1.87 bits per heavy atom. The van der Waals surface area contributed by atoms with E-state index in [0.717, 1.165) is 30.6 Å². The SMILES string of the molecule is Cn1cc(-c2cc3c(N4CC5CC[C@H](C4)N5C4CC(CC#N)C4)ccnn3c2)cn1. The van der Waals surface area contributed by atoms with Crippen LogP contribution in [0.3, 0.4) is 0 Å². The molecule has 0 N–H and O–H groups in total. The van der Waals surface area contributed by atoms with Crippen molar-refractivity contribution in [2.45, 2.75) is 50.2 Å². The number of hydrogen-bond acceptors (Lipinski definition) is 5. The molecule has 3 aromatic rings. The summed E-state index contributed by atoms with van der Waals surface area (Å²) in [6, 6.07) is 8.74. The molecule has 2 atom stereocenters. The topological polar surface area (TPSA) is 65.4 Å². The molecule has 7 nitrogen and oxygen atoms in total. The predicted octanol–water partition coefficient (Wildman–Crippen LogP) is 3.08. The molecule has 0 spiro atoms. The molecule has 5 heterocycles. The van der Waals surface area contributed by atoms with Crippen LogP contribution in [-0.4, -0.2) is 55.5 Å². The molecule has 0 radical (unpaired) electrons. The van der Waals surface area contributed by atoms with Crippen LogP contribution in [0.25, 0.3) is 16.6 Å². The fourth-order valence-corrected chi connectivity index (χ4v) is 5.96. The molecule has 0 amide bonds. The monoisotopic (exact) mass is 401 g/mol. The summed E-state index contributed by atoms with van der Waals surface area (Å²) >= 11 is 0. The van der Waals surface area contributed by atoms with E-state index in [4.69, 9.17) is 5.26 Å². The molecule has 154 valence electrons. The molecule has 3 fully saturated rings. The lowest BCUT2D eigenvalue weighted by Crippen LogP contribution is -2.60. The largest absolute Gasteiger partial charge is 0.367 e. The number of aromatic nitrogens is 4. The molecule has 6 rings (SSSR count). The normalized spacial score (nSPS) is 28.6. The van der Waals surface area contributed by atoms with Crippen LogP contribution >= 0.6 is 0 Å². The molecular formula is C23H27N7. The quantitative estimate of drug-likeness (QED) is 0.672. The van der Waals surface area contributed by atoms with Gasteiger partial charge >= 0.3 is 0 Å². The minimum atomic E-state index is 0.629. The van der Waals surface area contributed by atoms with Gasteiger partial charge in [-0.25, -0.2) is 4.52 Å². The van der Waals surface area contributed by atoms with Crippen molar-refractivity contribution >= 4 is 11.2 Å². The lowest BCUT2D eigenvalue weighted by atomic mass is 9.77. The lowest BCUT2D eigenvalue weighted by molar-refractivity contribution is 0.0298. The number of piperazine rings is 1. The van der Waals surface area contributed by atoms with Gasteiger partial charge in [-0.2, -0.15) is 15.5 Å². The van der Waals surface area contributed by atoms with E-state index in [1.165, 1.54) is 36.9 Å². The van der Waals surface area contributed by atoms with Gasteiger partial charge < -0.3 is 4.90 Å². The summed E-state index contributed by atoms with van der Waals surface area (Å²) in [5.41, 5.74) is 4.73. The minimum absolute atomic E-state index is 0.629. The summed E-state index contributed by atoms with van der Waals surface area (Å²) in [4.78, 5) is 5.39. The summed E-state index contributed by atoms with van der Waals surface area (Å²) < 4.78 is 3.84. The zero-order valence-electron chi connectivity index (χ0n) is 17.4. The number of anilines is 1. The fraction of sp³-hybridized carbons (Fsp3) is 0.522. The maximum absolute atomic E-state index is 8.96. The molecule has 7 heteroatoms. The smallest absolute Gasteiger partial charge is 0.0886 e. The van der Waals surface area contributed by atoms with Crippen molar-refractivity contribution in [3.63, 3.8) is 0 Å². The first kappa shape index (κ1) is 18.0. The van der Waals surface area contributed by atoms with E-state index in [1.807, 2.05) is 34.8 Å². The third-order valence-electron chi connectivity index (χ3n) is 7.42. The highest BCUT2D eigenvalue weighted by molar-refractivity contribution is 5.79. The molecule has 30 heavy (non-hydrogen) atoms. The van der Waals surface area contributed by atoms with Crippen LogP contribution in [-0.2, 0) is 7.05 Å². The van der Waals surface area contributed by atoms with E-state index in [0.29, 0.717) is 24.0 Å². The molecule has 1 unspecified atom stereocenters. The van der Waals surface area contributed by atoms with E-state index in [-0.39, 0.29) is 0 Å². The summed E-state index contributed by atoms with van der Waals surface area (Å²) in [6.45, 7) is 2.17. The predicted molar refractivity (Wildman–Crippen MR) is 115 cm³/mol. The highest BCUT2D eigenvalue weighted by atomic mass is 15.4. The molecular weight excluding hydrogens is 374 g/mol. The molecule has 1 aliphatic carbocycles. The molecule has 1 saturated carbocycles. The van der Waals surface area contributed by atoms with Crippen LogP contribution in [0.4, 0.5) is 5.69 Å². The van der Waals surface area contributed by atoms with Gasteiger partial charge in [0.2, 0.25) is 0 Å². The van der Waals surface area contributed by atoms with Gasteiger partial charge in [-0.15, -0.1) is 0 Å². The Morgan fingerprint density at radius 1 is 1.07 bits per heavy atom. The Balaban J connectivity index is 1.25. The molecule has 3 aromatic heterocycles. The molecule has 2 aliphatic heterocycles. The van der Waals surface area contributed by atoms with E-state index in [2.05, 4.69) is 44.4 Å². The lowest BCUT2D eigenvalue weighted by Gasteiger charge is -2.50. The second kappa shape index (κ2) is 6.85. The Labute approximate surface area is 176 Å². The first-order valence-corrected chi connectivity index (χ1v) is 11.1. The Kier molecular flexibility index (Phi) is 4.10. The maximum atomic E-state index is 8.96. The molecule has 2 saturated heterocycles. The Bertz CT molecular complexity index is 1100. The van der Waals surface area contributed by atoms with Gasteiger partial charge in [0, 0.05) is 74.4 Å². The van der Waals surface area contributed by atoms with Gasteiger partial charge in [0.25, 0.3) is 0 Å². The van der Waals surface area contributed by atoms with E-state index < -0.39 is 0 Å². The highest BCUT2D eigenvalue weighted by Crippen LogP contribution is 2.43. The van der Waals surface area contributed by atoms with Crippen LogP contribution in [0.5, 0.6) is 0 Å². The van der Waals surface area contributed by atoms with Gasteiger partial charge in [-0.3, -0.25) is 9.58 Å². The van der Waals surface area contributed by atoms with Crippen molar-refractivity contribution in [2.24, 2.45) is 13.0 Å². The maximum Gasteiger partial charge on any atom is 0.0886 e. The van der Waals surface area contributed by atoms with Gasteiger partial charge in [0.1, 0.15) is 0 Å². The summed E-state index contributed by atoms with van der Waals surface area (Å²) in [7, 11) is 1.95. The first-order chi connectivity index (χ1) is 14.7. The van der Waals surface area contributed by atoms with E-state index >= 15 is 0 Å². The fourth-order valence-electron chi connectivity index (χ4n) is 5.96. The van der Waals surface area contributed by atoms with Gasteiger partial charge in [-0.1, -0.05) is 0 Å². The first-order valence-electron chi connectivity index (χ1n) is 11.1. The van der Waals surface area contributed by atoms with E-state index in [9.17, 15) is 0 Å². The third kappa shape index (κ3) is 2.82. The van der Waals surface area contributed by atoms with Gasteiger partial charge in [0.15, 0.2) is 0 Å². The molecule has 0 aromatic carbocycles. The van der Waals surface area contributed by atoms with Crippen LogP contribution in [0.1, 0.15) is 32.1 Å². The average Bonchev–Trinajstić information content (AvgIpc) is 3.39. The van der Waals surface area contributed by atoms with Crippen LogP contribution < -0.4 is 4.90 Å². The third-order valence-corrected chi connectivity index (χ3v) is 7.42. The van der Waals surface area contributed by atoms with Crippen molar-refractivity contribution in [2.75, 3.05) is 18.0 Å². The van der Waals surface area contributed by atoms with Crippen LogP contribution in [0.2, 0.25) is 0 Å². The highest BCUT2D eigenvalue weighted by Gasteiger charge is 2.47. The van der Waals surface area contributed by atoms with Crippen molar-refractivity contribution in [3.8, 4) is 17.2 Å². The van der Waals surface area contributed by atoms with Crippen LogP contribution in [0.15, 0.2) is 36.9 Å².